The van der Waals surface area contributed by atoms with Crippen molar-refractivity contribution in [2.75, 3.05) is 13.1 Å². The molecule has 0 unspecified atom stereocenters. The second-order valence-corrected chi connectivity index (χ2v) is 10.7. The molecule has 4 rings (SSSR count). The van der Waals surface area contributed by atoms with Crippen molar-refractivity contribution in [2.45, 2.75) is 37.6 Å². The summed E-state index contributed by atoms with van der Waals surface area (Å²) >= 11 is 1.56. The van der Waals surface area contributed by atoms with Gasteiger partial charge in [-0.3, -0.25) is 4.79 Å². The Morgan fingerprint density at radius 2 is 1.87 bits per heavy atom. The van der Waals surface area contributed by atoms with Gasteiger partial charge in [0.1, 0.15) is 0 Å². The van der Waals surface area contributed by atoms with Crippen LogP contribution in [0, 0.1) is 12.8 Å². The van der Waals surface area contributed by atoms with E-state index >= 15 is 0 Å². The lowest BCUT2D eigenvalue weighted by molar-refractivity contribution is -0.126. The number of fused-ring (bicyclic) bond motifs is 1. The van der Waals surface area contributed by atoms with Crippen LogP contribution in [-0.2, 0) is 14.8 Å². The number of rotatable bonds is 5. The summed E-state index contributed by atoms with van der Waals surface area (Å²) < 4.78 is 27.7. The Bertz CT molecular complexity index is 1170. The number of nitrogens with zero attached hydrogens (tertiary/aromatic N) is 2. The first kappa shape index (κ1) is 21.0. The van der Waals surface area contributed by atoms with E-state index in [9.17, 15) is 13.2 Å². The van der Waals surface area contributed by atoms with Gasteiger partial charge in [0.15, 0.2) is 0 Å². The fourth-order valence-electron chi connectivity index (χ4n) is 3.82. The summed E-state index contributed by atoms with van der Waals surface area (Å²) in [5.41, 5.74) is 0.863. The molecular weight excluding hydrogens is 418 g/mol. The molecule has 0 bridgehead atoms. The van der Waals surface area contributed by atoms with Crippen molar-refractivity contribution in [3.05, 3.63) is 58.5 Å². The molecule has 158 valence electrons. The predicted octanol–water partition coefficient (Wildman–Crippen LogP) is 3.88. The lowest BCUT2D eigenvalue weighted by atomic mass is 9.97. The average Bonchev–Trinajstić information content (AvgIpc) is 3.20. The summed E-state index contributed by atoms with van der Waals surface area (Å²) in [5.74, 6) is -0.217. The van der Waals surface area contributed by atoms with Crippen LogP contribution < -0.4 is 5.32 Å². The van der Waals surface area contributed by atoms with Crippen molar-refractivity contribution >= 4 is 38.0 Å². The summed E-state index contributed by atoms with van der Waals surface area (Å²) in [6.07, 6.45) is 1.03. The van der Waals surface area contributed by atoms with E-state index in [1.165, 1.54) is 4.31 Å². The summed E-state index contributed by atoms with van der Waals surface area (Å²) in [4.78, 5) is 17.4. The van der Waals surface area contributed by atoms with Gasteiger partial charge < -0.3 is 5.32 Å². The average molecular weight is 444 g/mol. The van der Waals surface area contributed by atoms with Gasteiger partial charge in [0, 0.05) is 24.4 Å². The number of benzene rings is 2. The number of nitrogens with one attached hydrogen (secondary N) is 1. The largest absolute Gasteiger partial charge is 0.348 e. The molecule has 1 aliphatic rings. The minimum atomic E-state index is -3.57. The highest BCUT2D eigenvalue weighted by Gasteiger charge is 2.32. The molecule has 1 saturated heterocycles. The molecule has 6 nitrogen and oxygen atoms in total. The number of amides is 1. The number of aromatic nitrogens is 1. The normalized spacial score (nSPS) is 17.1. The predicted molar refractivity (Wildman–Crippen MR) is 119 cm³/mol. The van der Waals surface area contributed by atoms with Crippen molar-refractivity contribution in [1.29, 1.82) is 0 Å². The number of piperidine rings is 1. The van der Waals surface area contributed by atoms with Crippen molar-refractivity contribution < 1.29 is 13.2 Å². The molecule has 0 radical (unpaired) electrons. The van der Waals surface area contributed by atoms with Crippen LogP contribution in [0.2, 0.25) is 0 Å². The number of thiazole rings is 1. The monoisotopic (exact) mass is 443 g/mol. The summed E-state index contributed by atoms with van der Waals surface area (Å²) in [7, 11) is -3.57. The smallest absolute Gasteiger partial charge is 0.243 e. The van der Waals surface area contributed by atoms with Crippen molar-refractivity contribution in [3.63, 3.8) is 0 Å². The van der Waals surface area contributed by atoms with Crippen LogP contribution >= 0.6 is 11.3 Å². The quantitative estimate of drug-likeness (QED) is 0.649. The third kappa shape index (κ3) is 4.26. The topological polar surface area (TPSA) is 79.4 Å². The Balaban J connectivity index is 1.39. The molecule has 3 aromatic rings. The van der Waals surface area contributed by atoms with E-state index in [4.69, 9.17) is 0 Å². The molecule has 30 heavy (non-hydrogen) atoms. The van der Waals surface area contributed by atoms with Crippen LogP contribution in [0.25, 0.3) is 10.8 Å². The molecule has 1 aliphatic heterocycles. The molecule has 1 fully saturated rings. The van der Waals surface area contributed by atoms with Crippen LogP contribution in [0.15, 0.2) is 52.7 Å². The number of carbonyl (C=O) groups is 1. The van der Waals surface area contributed by atoms with Gasteiger partial charge in [-0.15, -0.1) is 11.3 Å². The van der Waals surface area contributed by atoms with E-state index in [2.05, 4.69) is 10.3 Å². The van der Waals surface area contributed by atoms with Crippen LogP contribution in [0.3, 0.4) is 0 Å². The number of hydrogen-bond acceptors (Lipinski definition) is 5. The second-order valence-electron chi connectivity index (χ2n) is 7.71. The Labute approximate surface area is 181 Å². The molecule has 0 spiro atoms. The van der Waals surface area contributed by atoms with Gasteiger partial charge in [-0.25, -0.2) is 13.4 Å². The highest BCUT2D eigenvalue weighted by Crippen LogP contribution is 2.27. The first-order valence-electron chi connectivity index (χ1n) is 10.1. The zero-order valence-electron chi connectivity index (χ0n) is 17.0. The Morgan fingerprint density at radius 3 is 2.53 bits per heavy atom. The van der Waals surface area contributed by atoms with Gasteiger partial charge in [0.25, 0.3) is 0 Å². The molecule has 1 N–H and O–H groups in total. The maximum atomic E-state index is 13.1. The number of carbonyl (C=O) groups excluding carboxylic acids is 1. The summed E-state index contributed by atoms with van der Waals surface area (Å²) in [6.45, 7) is 4.55. The van der Waals surface area contributed by atoms with Crippen LogP contribution in [-0.4, -0.2) is 36.7 Å². The van der Waals surface area contributed by atoms with Crippen LogP contribution in [0.1, 0.15) is 36.5 Å². The SMILES string of the molecule is Cc1nc([C@@H](C)NC(=O)C2CCN(S(=O)(=O)c3ccc4ccccc4c3)CC2)cs1. The molecule has 1 amide bonds. The zero-order valence-corrected chi connectivity index (χ0v) is 18.7. The molecular formula is C22H25N3O3S2. The highest BCUT2D eigenvalue weighted by molar-refractivity contribution is 7.89. The first-order valence-corrected chi connectivity index (χ1v) is 12.4. The number of aryl methyl sites for hydroxylation is 1. The molecule has 8 heteroatoms. The van der Waals surface area contributed by atoms with Gasteiger partial charge in [-0.05, 0) is 49.6 Å². The van der Waals surface area contributed by atoms with Crippen molar-refractivity contribution in [1.82, 2.24) is 14.6 Å². The molecule has 0 saturated carbocycles. The lowest BCUT2D eigenvalue weighted by Crippen LogP contribution is -2.43. The minimum absolute atomic E-state index is 0.0316. The van der Waals surface area contributed by atoms with E-state index in [1.54, 1.807) is 23.5 Å². The maximum Gasteiger partial charge on any atom is 0.243 e. The second kappa shape index (κ2) is 8.45. The molecule has 1 atom stereocenters. The van der Waals surface area contributed by atoms with Gasteiger partial charge in [0.05, 0.1) is 21.6 Å². The minimum Gasteiger partial charge on any atom is -0.348 e. The van der Waals surface area contributed by atoms with Crippen molar-refractivity contribution in [3.8, 4) is 0 Å². The summed E-state index contributed by atoms with van der Waals surface area (Å²) in [5, 5.41) is 7.86. The van der Waals surface area contributed by atoms with Gasteiger partial charge in [-0.1, -0.05) is 30.3 Å². The van der Waals surface area contributed by atoms with Gasteiger partial charge in [0.2, 0.25) is 15.9 Å². The first-order chi connectivity index (χ1) is 14.3. The Kier molecular flexibility index (Phi) is 5.90. The zero-order chi connectivity index (χ0) is 21.3. The van der Waals surface area contributed by atoms with Crippen LogP contribution in [0.5, 0.6) is 0 Å². The van der Waals surface area contributed by atoms with E-state index in [-0.39, 0.29) is 17.9 Å². The van der Waals surface area contributed by atoms with Crippen LogP contribution in [0.4, 0.5) is 0 Å². The maximum absolute atomic E-state index is 13.1. The third-order valence-corrected chi connectivity index (χ3v) is 8.31. The third-order valence-electron chi connectivity index (χ3n) is 5.62. The van der Waals surface area contributed by atoms with Gasteiger partial charge >= 0.3 is 0 Å². The molecule has 1 aromatic heterocycles. The molecule has 2 heterocycles. The van der Waals surface area contributed by atoms with E-state index < -0.39 is 10.0 Å². The van der Waals surface area contributed by atoms with Gasteiger partial charge in [-0.2, -0.15) is 4.31 Å². The fourth-order valence-corrected chi connectivity index (χ4v) is 6.03. The Hall–Kier alpha value is -2.29. The van der Waals surface area contributed by atoms with E-state index in [0.717, 1.165) is 21.5 Å². The van der Waals surface area contributed by atoms with E-state index in [1.807, 2.05) is 49.6 Å². The number of sulfonamides is 1. The van der Waals surface area contributed by atoms with Crippen molar-refractivity contribution in [2.24, 2.45) is 5.92 Å². The summed E-state index contributed by atoms with van der Waals surface area (Å²) in [6, 6.07) is 12.8. The highest BCUT2D eigenvalue weighted by atomic mass is 32.2. The fraction of sp³-hybridized carbons (Fsp3) is 0.364. The lowest BCUT2D eigenvalue weighted by Gasteiger charge is -2.31. The molecule has 2 aromatic carbocycles. The molecule has 0 aliphatic carbocycles. The standard InChI is InChI=1S/C22H25N3O3S2/c1-15(21-14-29-16(2)24-21)23-22(26)18-9-11-25(12-10-18)30(27,28)20-8-7-17-5-3-4-6-19(17)13-20/h3-8,13-15,18H,9-12H2,1-2H3,(H,23,26)/t15-/m1/s1. The Morgan fingerprint density at radius 1 is 1.17 bits per heavy atom. The number of hydrogen-bond donors (Lipinski definition) is 1. The van der Waals surface area contributed by atoms with E-state index in [0.29, 0.717) is 30.8 Å².